The van der Waals surface area contributed by atoms with Crippen LogP contribution in [0.2, 0.25) is 0 Å². The number of halogens is 1. The van der Waals surface area contributed by atoms with E-state index in [1.165, 1.54) is 28.9 Å². The molecule has 0 saturated heterocycles. The molecule has 3 N–H and O–H groups in total. The number of para-hydroxylation sites is 1. The molecule has 8 nitrogen and oxygen atoms in total. The minimum atomic E-state index is -1.16. The third-order valence-corrected chi connectivity index (χ3v) is 5.89. The van der Waals surface area contributed by atoms with E-state index in [0.717, 1.165) is 6.42 Å². The number of benzene rings is 1. The van der Waals surface area contributed by atoms with E-state index < -0.39 is 29.3 Å². The Labute approximate surface area is 193 Å². The van der Waals surface area contributed by atoms with E-state index in [-0.39, 0.29) is 42.1 Å². The van der Waals surface area contributed by atoms with Gasteiger partial charge in [-0.15, -0.1) is 0 Å². The Bertz CT molecular complexity index is 957. The smallest absolute Gasteiger partial charge is 0.305 e. The second kappa shape index (κ2) is 11.3. The van der Waals surface area contributed by atoms with E-state index in [0.29, 0.717) is 6.42 Å². The lowest BCUT2D eigenvalue weighted by Gasteiger charge is -2.27. The number of amides is 1. The Morgan fingerprint density at radius 1 is 1.27 bits per heavy atom. The summed E-state index contributed by atoms with van der Waals surface area (Å²) >= 11 is 0. The Morgan fingerprint density at radius 2 is 1.94 bits per heavy atom. The van der Waals surface area contributed by atoms with Gasteiger partial charge in [-0.25, -0.2) is 4.39 Å². The van der Waals surface area contributed by atoms with Crippen LogP contribution in [0.15, 0.2) is 30.3 Å². The molecule has 0 aliphatic heterocycles. The van der Waals surface area contributed by atoms with Crippen molar-refractivity contribution in [2.45, 2.75) is 65.5 Å². The molecule has 2 aromatic rings. The number of aliphatic carboxylic acids is 1. The van der Waals surface area contributed by atoms with Crippen molar-refractivity contribution in [1.29, 1.82) is 0 Å². The van der Waals surface area contributed by atoms with Crippen LogP contribution >= 0.6 is 0 Å². The lowest BCUT2D eigenvalue weighted by atomic mass is 9.94. The van der Waals surface area contributed by atoms with Crippen LogP contribution in [0.3, 0.4) is 0 Å². The maximum atomic E-state index is 14.5. The van der Waals surface area contributed by atoms with Gasteiger partial charge in [0.15, 0.2) is 5.69 Å². The summed E-state index contributed by atoms with van der Waals surface area (Å²) in [5.74, 6) is -1.96. The fourth-order valence-electron chi connectivity index (χ4n) is 3.08. The molecule has 2 unspecified atom stereocenters. The summed E-state index contributed by atoms with van der Waals surface area (Å²) < 4.78 is 21.4. The minimum Gasteiger partial charge on any atom is -0.481 e. The van der Waals surface area contributed by atoms with Gasteiger partial charge in [0.1, 0.15) is 18.1 Å². The van der Waals surface area contributed by atoms with Crippen LogP contribution in [0.5, 0.6) is 5.88 Å². The third-order valence-electron chi connectivity index (χ3n) is 5.89. The van der Waals surface area contributed by atoms with Gasteiger partial charge in [-0.05, 0) is 37.3 Å². The first kappa shape index (κ1) is 26.3. The molecule has 1 aromatic heterocycles. The van der Waals surface area contributed by atoms with Gasteiger partial charge >= 0.3 is 5.97 Å². The fraction of sp³-hybridized carbons (Fsp3) is 0.542. The number of aliphatic hydroxyl groups is 1. The van der Waals surface area contributed by atoms with Crippen molar-refractivity contribution < 1.29 is 28.9 Å². The number of hydrogen-bond donors (Lipinski definition) is 3. The summed E-state index contributed by atoms with van der Waals surface area (Å²) in [5, 5.41) is 26.7. The molecular formula is C24H34FN3O5. The van der Waals surface area contributed by atoms with Crippen molar-refractivity contribution in [3.8, 4) is 11.6 Å². The van der Waals surface area contributed by atoms with Crippen molar-refractivity contribution in [2.24, 2.45) is 11.8 Å². The topological polar surface area (TPSA) is 114 Å². The standard InChI is InChI=1S/C24H34FN3O5/c1-6-16(4)11-17(12-22(29)30)26-23(31)19-13-21(33-14-24(5,32)15(2)3)28(27-19)20-10-8-7-9-18(20)25/h7-10,13,15-17,32H,6,11-12,14H2,1-5H3,(H,26,31)(H,29,30)/t16?,17-,24?/m0/s1. The largest absolute Gasteiger partial charge is 0.481 e. The summed E-state index contributed by atoms with van der Waals surface area (Å²) in [6, 6.07) is 6.70. The molecule has 0 aliphatic rings. The van der Waals surface area contributed by atoms with Crippen LogP contribution < -0.4 is 10.1 Å². The molecule has 182 valence electrons. The third kappa shape index (κ3) is 7.28. The van der Waals surface area contributed by atoms with Crippen LogP contribution in [0.25, 0.3) is 5.69 Å². The van der Waals surface area contributed by atoms with Crippen molar-refractivity contribution in [3.63, 3.8) is 0 Å². The van der Waals surface area contributed by atoms with Crippen LogP contribution in [-0.4, -0.2) is 50.1 Å². The number of ether oxygens (including phenoxy) is 1. The zero-order valence-corrected chi connectivity index (χ0v) is 19.8. The number of rotatable bonds is 12. The lowest BCUT2D eigenvalue weighted by molar-refractivity contribution is -0.137. The van der Waals surface area contributed by atoms with Crippen molar-refractivity contribution in [1.82, 2.24) is 15.1 Å². The van der Waals surface area contributed by atoms with Crippen LogP contribution in [0, 0.1) is 17.7 Å². The van der Waals surface area contributed by atoms with Crippen LogP contribution in [-0.2, 0) is 4.79 Å². The fourth-order valence-corrected chi connectivity index (χ4v) is 3.08. The first-order valence-electron chi connectivity index (χ1n) is 11.2. The molecule has 0 bridgehead atoms. The average molecular weight is 464 g/mol. The van der Waals surface area contributed by atoms with Gasteiger partial charge < -0.3 is 20.3 Å². The average Bonchev–Trinajstić information content (AvgIpc) is 3.16. The molecule has 0 aliphatic carbocycles. The van der Waals surface area contributed by atoms with Gasteiger partial charge in [0.05, 0.1) is 12.0 Å². The van der Waals surface area contributed by atoms with Crippen LogP contribution in [0.4, 0.5) is 4.39 Å². The highest BCUT2D eigenvalue weighted by atomic mass is 19.1. The van der Waals surface area contributed by atoms with Gasteiger partial charge in [0, 0.05) is 12.1 Å². The predicted molar refractivity (Wildman–Crippen MR) is 122 cm³/mol. The van der Waals surface area contributed by atoms with E-state index >= 15 is 0 Å². The van der Waals surface area contributed by atoms with Crippen molar-refractivity contribution in [3.05, 3.63) is 41.8 Å². The molecule has 0 fully saturated rings. The van der Waals surface area contributed by atoms with Gasteiger partial charge in [0.2, 0.25) is 5.88 Å². The Kier molecular flexibility index (Phi) is 8.99. The zero-order valence-electron chi connectivity index (χ0n) is 19.8. The molecule has 1 heterocycles. The van der Waals surface area contributed by atoms with E-state index in [9.17, 15) is 24.2 Å². The van der Waals surface area contributed by atoms with E-state index in [1.807, 2.05) is 27.7 Å². The highest BCUT2D eigenvalue weighted by Gasteiger charge is 2.28. The van der Waals surface area contributed by atoms with E-state index in [4.69, 9.17) is 4.74 Å². The number of aromatic nitrogens is 2. The van der Waals surface area contributed by atoms with Gasteiger partial charge in [-0.2, -0.15) is 9.78 Å². The SMILES string of the molecule is CCC(C)C[C@@H](CC(=O)O)NC(=O)c1cc(OCC(C)(O)C(C)C)n(-c2ccccc2F)n1. The van der Waals surface area contributed by atoms with Crippen LogP contribution in [0.1, 0.15) is 64.4 Å². The van der Waals surface area contributed by atoms with Crippen molar-refractivity contribution in [2.75, 3.05) is 6.61 Å². The molecule has 1 aromatic carbocycles. The van der Waals surface area contributed by atoms with Gasteiger partial charge in [0.25, 0.3) is 5.91 Å². The Balaban J connectivity index is 2.35. The first-order chi connectivity index (χ1) is 15.4. The number of nitrogens with one attached hydrogen (secondary N) is 1. The molecule has 3 atom stereocenters. The predicted octanol–water partition coefficient (Wildman–Crippen LogP) is 3.81. The van der Waals surface area contributed by atoms with Gasteiger partial charge in [-0.1, -0.05) is 46.2 Å². The number of nitrogens with zero attached hydrogens (tertiary/aromatic N) is 2. The number of hydrogen-bond acceptors (Lipinski definition) is 5. The van der Waals surface area contributed by atoms with Crippen molar-refractivity contribution >= 4 is 11.9 Å². The zero-order chi connectivity index (χ0) is 24.8. The molecular weight excluding hydrogens is 429 g/mol. The molecule has 1 amide bonds. The molecule has 33 heavy (non-hydrogen) atoms. The quantitative estimate of drug-likeness (QED) is 0.441. The second-order valence-corrected chi connectivity index (χ2v) is 9.05. The minimum absolute atomic E-state index is 0.0445. The summed E-state index contributed by atoms with van der Waals surface area (Å²) in [6.07, 6.45) is 1.13. The van der Waals surface area contributed by atoms with Gasteiger partial charge in [-0.3, -0.25) is 9.59 Å². The van der Waals surface area contributed by atoms with E-state index in [1.54, 1.807) is 13.0 Å². The number of carbonyl (C=O) groups excluding carboxylic acids is 1. The highest BCUT2D eigenvalue weighted by molar-refractivity contribution is 5.93. The molecule has 2 rings (SSSR count). The maximum Gasteiger partial charge on any atom is 0.305 e. The Morgan fingerprint density at radius 3 is 2.52 bits per heavy atom. The molecule has 0 spiro atoms. The molecule has 9 heteroatoms. The van der Waals surface area contributed by atoms with E-state index in [2.05, 4.69) is 10.4 Å². The summed E-state index contributed by atoms with van der Waals surface area (Å²) in [4.78, 5) is 24.2. The number of carboxylic acid groups (broad SMARTS) is 1. The normalized spacial score (nSPS) is 15.0. The summed E-state index contributed by atoms with van der Waals surface area (Å²) in [6.45, 7) is 9.20. The number of carboxylic acids is 1. The molecule has 0 saturated carbocycles. The molecule has 0 radical (unpaired) electrons. The summed E-state index contributed by atoms with van der Waals surface area (Å²) in [7, 11) is 0. The summed E-state index contributed by atoms with van der Waals surface area (Å²) in [5.41, 5.74) is -1.12. The maximum absolute atomic E-state index is 14.5. The second-order valence-electron chi connectivity index (χ2n) is 9.05. The highest BCUT2D eigenvalue weighted by Crippen LogP contribution is 2.25. The number of carbonyl (C=O) groups is 2. The monoisotopic (exact) mass is 463 g/mol. The lowest BCUT2D eigenvalue weighted by Crippen LogP contribution is -2.38. The Hall–Kier alpha value is -2.94. The first-order valence-corrected chi connectivity index (χ1v) is 11.2.